The van der Waals surface area contributed by atoms with Crippen LogP contribution in [0.4, 0.5) is 11.4 Å². The molecule has 19 N–H and O–H groups in total. The average molecular weight is 1200 g/mol. The molecule has 30 heteroatoms. The zero-order valence-corrected chi connectivity index (χ0v) is 47.1. The van der Waals surface area contributed by atoms with Gasteiger partial charge in [-0.05, 0) is 79.6 Å². The number of phenols is 1. The van der Waals surface area contributed by atoms with Crippen LogP contribution in [-0.4, -0.2) is 155 Å². The molecule has 0 spiro atoms. The molecule has 12 amide bonds. The minimum atomic E-state index is -1.94. The van der Waals surface area contributed by atoms with Crippen molar-refractivity contribution in [2.45, 2.75) is 100 Å². The second-order valence-electron chi connectivity index (χ2n) is 20.3. The summed E-state index contributed by atoms with van der Waals surface area (Å²) in [5.74, 6) is -11.9. The number of guanidine groups is 1. The van der Waals surface area contributed by atoms with Crippen molar-refractivity contribution < 1.29 is 62.6 Å². The number of nitrogens with zero attached hydrogens (tertiary/aromatic N) is 4. The van der Waals surface area contributed by atoms with Gasteiger partial charge in [-0.2, -0.15) is 0 Å². The molecule has 0 radical (unpaired) electrons. The smallest absolute Gasteiger partial charge is 0.254 e. The van der Waals surface area contributed by atoms with Gasteiger partial charge in [-0.15, -0.1) is 10.2 Å². The first kappa shape index (κ1) is 65.3. The molecule has 4 aromatic carbocycles. The maximum Gasteiger partial charge on any atom is 0.254 e. The second-order valence-corrected chi connectivity index (χ2v) is 20.3. The molecule has 1 fully saturated rings. The molecule has 0 unspecified atom stereocenters. The number of likely N-dealkylation sites (tertiary alicyclic amines) is 1. The summed E-state index contributed by atoms with van der Waals surface area (Å²) in [4.78, 5) is 171. The number of primary amides is 3. The Balaban J connectivity index is 1.41. The number of aromatic hydroxyl groups is 1. The normalized spacial score (nSPS) is 19.9. The molecule has 2 aliphatic rings. The van der Waals surface area contributed by atoms with E-state index >= 15 is 0 Å². The van der Waals surface area contributed by atoms with Crippen LogP contribution in [0.15, 0.2) is 118 Å². The van der Waals surface area contributed by atoms with Crippen LogP contribution < -0.4 is 71.2 Å². The average Bonchev–Trinajstić information content (AvgIpc) is 2.98. The van der Waals surface area contributed by atoms with Crippen LogP contribution in [0, 0.1) is 0 Å². The Morgan fingerprint density at radius 3 is 1.79 bits per heavy atom. The van der Waals surface area contributed by atoms with Crippen molar-refractivity contribution in [2.24, 2.45) is 43.9 Å². The molecule has 6 rings (SSSR count). The first-order valence-electron chi connectivity index (χ1n) is 27.6. The first-order chi connectivity index (χ1) is 41.6. The standard InChI is InChI=1S/C57H69N17O13/c58-45(76)23-22-39-51(82)70-42(28-46(59)77)54(85)71-43(56(87)74-25-9-17-44(74)55(86)67-38(16-8-24-63-57(61)62)50(81)65-30-47(60)78)29-64-48(79)34-12-4-6-14-36(34)72-73-37-15-7-5-13-35(37)49(80)68-40(27-32-18-20-33(75)21-19-32)53(84)69-41(52(83)66-39)26-31-10-2-1-3-11-31/h1-7,10-15,18-21,38-44,75H,8-9,16-17,22-30H2,(H2,58,76)(H2,59,77)(H2,60,78)(H,64,79)(H,65,81)(H,66,83)(H,67,86)(H,68,80)(H,69,84)(H,70,82)(H,71,85)(H4,61,62,63)/t38-,39-,40-,41-,42-,43-,44-/m0/s1. The number of benzene rings is 4. The van der Waals surface area contributed by atoms with Gasteiger partial charge in [0.2, 0.25) is 59.1 Å². The quantitative estimate of drug-likeness (QED) is 0.0259. The molecule has 0 bridgehead atoms. The molecule has 1 saturated heterocycles. The minimum Gasteiger partial charge on any atom is -0.508 e. The van der Waals surface area contributed by atoms with Crippen LogP contribution in [0.3, 0.4) is 0 Å². The van der Waals surface area contributed by atoms with Gasteiger partial charge in [-0.1, -0.05) is 66.7 Å². The summed E-state index contributed by atoms with van der Waals surface area (Å²) in [6, 6.07) is 14.8. The molecule has 0 aromatic heterocycles. The number of nitrogens with one attached hydrogen (secondary N) is 8. The summed E-state index contributed by atoms with van der Waals surface area (Å²) in [6.45, 7) is -1.35. The SMILES string of the molecule is NC(=O)CC[C@@H]1NC(=O)[C@H](Cc2ccccc2)NC(=O)[C@H](Cc2ccc(O)cc2)NC(=O)c2ccccc2N=Nc2ccccc2C(=O)NC[C@@H](C(=O)N2CCC[C@H]2C(=O)N[C@@H](CCCN=C(N)N)C(=O)NCC(N)=O)NC(=O)[C@H](CC(N)=O)NC1=O. The molecule has 2 heterocycles. The van der Waals surface area contributed by atoms with E-state index in [-0.39, 0.29) is 85.8 Å². The second kappa shape index (κ2) is 31.7. The molecule has 460 valence electrons. The van der Waals surface area contributed by atoms with Gasteiger partial charge in [0.1, 0.15) is 48.0 Å². The van der Waals surface area contributed by atoms with Crippen LogP contribution >= 0.6 is 0 Å². The van der Waals surface area contributed by atoms with E-state index in [2.05, 4.69) is 57.8 Å². The van der Waals surface area contributed by atoms with Gasteiger partial charge >= 0.3 is 0 Å². The highest BCUT2D eigenvalue weighted by atomic mass is 16.3. The van der Waals surface area contributed by atoms with E-state index in [4.69, 9.17) is 28.7 Å². The molecule has 4 aromatic rings. The lowest BCUT2D eigenvalue weighted by atomic mass is 10.0. The monoisotopic (exact) mass is 1200 g/mol. The summed E-state index contributed by atoms with van der Waals surface area (Å²) in [5, 5.41) is 38.9. The van der Waals surface area contributed by atoms with Crippen LogP contribution in [0.5, 0.6) is 5.75 Å². The van der Waals surface area contributed by atoms with E-state index in [9.17, 15) is 62.6 Å². The number of rotatable bonds is 19. The maximum atomic E-state index is 14.9. The zero-order valence-electron chi connectivity index (χ0n) is 47.1. The van der Waals surface area contributed by atoms with Crippen molar-refractivity contribution in [3.8, 4) is 5.75 Å². The van der Waals surface area contributed by atoms with E-state index in [1.165, 1.54) is 66.7 Å². The Morgan fingerprint density at radius 2 is 1.18 bits per heavy atom. The highest BCUT2D eigenvalue weighted by Crippen LogP contribution is 2.26. The number of amides is 12. The Morgan fingerprint density at radius 1 is 0.632 bits per heavy atom. The van der Waals surface area contributed by atoms with Crippen molar-refractivity contribution in [3.63, 3.8) is 0 Å². The van der Waals surface area contributed by atoms with Crippen molar-refractivity contribution in [3.05, 3.63) is 125 Å². The molecular weight excluding hydrogens is 1130 g/mol. The summed E-state index contributed by atoms with van der Waals surface area (Å²) in [7, 11) is 0. The number of azo groups is 1. The van der Waals surface area contributed by atoms with Gasteiger partial charge in [0.25, 0.3) is 11.8 Å². The predicted octanol–water partition coefficient (Wildman–Crippen LogP) is -2.65. The molecular formula is C57H69N17O13. The van der Waals surface area contributed by atoms with Crippen LogP contribution in [0.25, 0.3) is 0 Å². The van der Waals surface area contributed by atoms with Crippen molar-refractivity contribution >= 4 is 88.2 Å². The Bertz CT molecular complexity index is 3270. The molecule has 2 aliphatic heterocycles. The number of hydrogen-bond donors (Lipinski definition) is 14. The fourth-order valence-corrected chi connectivity index (χ4v) is 9.37. The third kappa shape index (κ3) is 19.9. The predicted molar refractivity (Wildman–Crippen MR) is 311 cm³/mol. The lowest BCUT2D eigenvalue weighted by molar-refractivity contribution is -0.142. The molecule has 7 atom stereocenters. The highest BCUT2D eigenvalue weighted by Gasteiger charge is 2.41. The van der Waals surface area contributed by atoms with Crippen molar-refractivity contribution in [1.29, 1.82) is 0 Å². The van der Waals surface area contributed by atoms with E-state index in [1.807, 2.05) is 0 Å². The van der Waals surface area contributed by atoms with E-state index in [0.29, 0.717) is 11.1 Å². The van der Waals surface area contributed by atoms with E-state index in [0.717, 1.165) is 4.90 Å². The Labute approximate surface area is 498 Å². The fourth-order valence-electron chi connectivity index (χ4n) is 9.37. The van der Waals surface area contributed by atoms with Gasteiger partial charge in [-0.3, -0.25) is 62.5 Å². The van der Waals surface area contributed by atoms with Crippen LogP contribution in [0.1, 0.15) is 76.8 Å². The first-order valence-corrected chi connectivity index (χ1v) is 27.6. The molecule has 0 saturated carbocycles. The number of carbonyl (C=O) groups is 12. The lowest BCUT2D eigenvalue weighted by Gasteiger charge is -2.31. The number of carbonyl (C=O) groups excluding carboxylic acids is 12. The topological polar surface area (TPSA) is 492 Å². The maximum absolute atomic E-state index is 14.9. The molecule has 30 nitrogen and oxygen atoms in total. The fraction of sp³-hybridized carbons (Fsp3) is 0.351. The summed E-state index contributed by atoms with van der Waals surface area (Å²) in [6.07, 6.45) is -1.98. The highest BCUT2D eigenvalue weighted by molar-refractivity contribution is 6.03. The summed E-state index contributed by atoms with van der Waals surface area (Å²) < 4.78 is 0. The number of hydrogen-bond acceptors (Lipinski definition) is 16. The molecule has 87 heavy (non-hydrogen) atoms. The van der Waals surface area contributed by atoms with Crippen LogP contribution in [-0.2, 0) is 60.8 Å². The number of aliphatic imine (C=N–C) groups is 1. The largest absolute Gasteiger partial charge is 0.508 e. The minimum absolute atomic E-state index is 0.0308. The molecule has 0 aliphatic carbocycles. The Kier molecular flexibility index (Phi) is 23.8. The van der Waals surface area contributed by atoms with Gasteiger partial charge in [-0.25, -0.2) is 0 Å². The van der Waals surface area contributed by atoms with E-state index < -0.39 is 146 Å². The summed E-state index contributed by atoms with van der Waals surface area (Å²) in [5.41, 5.74) is 27.9. The van der Waals surface area contributed by atoms with E-state index in [1.54, 1.807) is 36.4 Å². The van der Waals surface area contributed by atoms with Crippen molar-refractivity contribution in [1.82, 2.24) is 47.4 Å². The van der Waals surface area contributed by atoms with Gasteiger partial charge < -0.3 is 81.2 Å². The van der Waals surface area contributed by atoms with Crippen LogP contribution in [0.2, 0.25) is 0 Å². The van der Waals surface area contributed by atoms with Gasteiger partial charge in [0.15, 0.2) is 5.96 Å². The summed E-state index contributed by atoms with van der Waals surface area (Å²) >= 11 is 0. The van der Waals surface area contributed by atoms with Gasteiger partial charge in [0, 0.05) is 38.9 Å². The third-order valence-corrected chi connectivity index (χ3v) is 13.8. The number of fused-ring (bicyclic) bond motifs is 2. The lowest BCUT2D eigenvalue weighted by Crippen LogP contribution is -2.62. The third-order valence-electron chi connectivity index (χ3n) is 13.8. The number of phenolic OH excluding ortho intramolecular Hbond substituents is 1. The van der Waals surface area contributed by atoms with Crippen molar-refractivity contribution in [2.75, 3.05) is 26.2 Å². The number of nitrogens with two attached hydrogens (primary N) is 5. The zero-order chi connectivity index (χ0) is 63.2. The Hall–Kier alpha value is -10.8. The van der Waals surface area contributed by atoms with Gasteiger partial charge in [0.05, 0.1) is 35.5 Å².